The van der Waals surface area contributed by atoms with Crippen LogP contribution in [0.1, 0.15) is 38.2 Å². The molecule has 0 aliphatic carbocycles. The van der Waals surface area contributed by atoms with Gasteiger partial charge in [-0.05, 0) is 36.5 Å². The maximum atomic E-state index is 5.72. The smallest absolute Gasteiger partial charge is 0.229 e. The second kappa shape index (κ2) is 9.05. The molecule has 2 heterocycles. The average molecular weight is 389 g/mol. The molecule has 0 spiro atoms. The van der Waals surface area contributed by atoms with Crippen molar-refractivity contribution in [1.82, 2.24) is 9.97 Å². The number of benzene rings is 2. The number of hydrogen-bond donors (Lipinski definition) is 2. The molecule has 1 aliphatic rings. The van der Waals surface area contributed by atoms with Crippen molar-refractivity contribution in [3.8, 4) is 11.3 Å². The van der Waals surface area contributed by atoms with Crippen molar-refractivity contribution in [2.75, 3.05) is 23.8 Å². The Bertz CT molecular complexity index is 919. The first-order valence-electron chi connectivity index (χ1n) is 10.3. The molecule has 0 radical (unpaired) electrons. The van der Waals surface area contributed by atoms with Crippen molar-refractivity contribution in [2.24, 2.45) is 0 Å². The van der Waals surface area contributed by atoms with Crippen LogP contribution in [-0.2, 0) is 4.74 Å². The third-order valence-corrected chi connectivity index (χ3v) is 5.16. The summed E-state index contributed by atoms with van der Waals surface area (Å²) in [5, 5.41) is 6.79. The van der Waals surface area contributed by atoms with Gasteiger partial charge in [-0.25, -0.2) is 4.98 Å². The summed E-state index contributed by atoms with van der Waals surface area (Å²) < 4.78 is 5.72. The molecule has 0 saturated carbocycles. The lowest BCUT2D eigenvalue weighted by molar-refractivity contribution is 0.120. The molecule has 1 fully saturated rings. The largest absolute Gasteiger partial charge is 0.376 e. The maximum Gasteiger partial charge on any atom is 0.229 e. The zero-order chi connectivity index (χ0) is 20.1. The molecule has 3 aromatic rings. The van der Waals surface area contributed by atoms with Gasteiger partial charge in [-0.1, -0.05) is 56.3 Å². The van der Waals surface area contributed by atoms with Crippen LogP contribution in [0, 0.1) is 0 Å². The van der Waals surface area contributed by atoms with Gasteiger partial charge in [-0.2, -0.15) is 4.98 Å². The Morgan fingerprint density at radius 1 is 1.03 bits per heavy atom. The zero-order valence-electron chi connectivity index (χ0n) is 17.1. The summed E-state index contributed by atoms with van der Waals surface area (Å²) in [7, 11) is 0. The summed E-state index contributed by atoms with van der Waals surface area (Å²) in [6.07, 6.45) is 2.48. The highest BCUT2D eigenvalue weighted by molar-refractivity contribution is 5.66. The SMILES string of the molecule is CC(C)c1ccc(Nc2nc(NCC3CCCO3)cc(-c3ccccc3)n2)cc1. The van der Waals surface area contributed by atoms with Crippen molar-refractivity contribution >= 4 is 17.5 Å². The van der Waals surface area contributed by atoms with Crippen LogP contribution in [0.2, 0.25) is 0 Å². The summed E-state index contributed by atoms with van der Waals surface area (Å²) in [5.41, 5.74) is 4.24. The molecule has 1 aromatic heterocycles. The van der Waals surface area contributed by atoms with Gasteiger partial charge in [0, 0.05) is 30.5 Å². The summed E-state index contributed by atoms with van der Waals surface area (Å²) in [5.74, 6) is 1.89. The Morgan fingerprint density at radius 2 is 1.83 bits per heavy atom. The summed E-state index contributed by atoms with van der Waals surface area (Å²) in [6.45, 7) is 6.00. The van der Waals surface area contributed by atoms with E-state index in [1.165, 1.54) is 5.56 Å². The first kappa shape index (κ1) is 19.4. The van der Waals surface area contributed by atoms with E-state index in [0.29, 0.717) is 11.9 Å². The van der Waals surface area contributed by atoms with Gasteiger partial charge < -0.3 is 15.4 Å². The molecule has 1 atom stereocenters. The van der Waals surface area contributed by atoms with Crippen LogP contribution in [0.3, 0.4) is 0 Å². The fourth-order valence-electron chi connectivity index (χ4n) is 3.45. The second-order valence-electron chi connectivity index (χ2n) is 7.75. The molecule has 2 N–H and O–H groups in total. The fraction of sp³-hybridized carbons (Fsp3) is 0.333. The predicted octanol–water partition coefficient (Wildman–Crippen LogP) is 5.60. The number of anilines is 3. The minimum Gasteiger partial charge on any atom is -0.376 e. The van der Waals surface area contributed by atoms with Crippen LogP contribution in [0.15, 0.2) is 60.7 Å². The number of aromatic nitrogens is 2. The quantitative estimate of drug-likeness (QED) is 0.551. The summed E-state index contributed by atoms with van der Waals surface area (Å²) in [6, 6.07) is 20.6. The van der Waals surface area contributed by atoms with Crippen LogP contribution < -0.4 is 10.6 Å². The molecular formula is C24H28N4O. The Morgan fingerprint density at radius 3 is 2.52 bits per heavy atom. The van der Waals surface area contributed by atoms with E-state index in [2.05, 4.69) is 65.9 Å². The number of nitrogens with zero attached hydrogens (tertiary/aromatic N) is 2. The van der Waals surface area contributed by atoms with Crippen molar-refractivity contribution in [3.63, 3.8) is 0 Å². The molecule has 0 bridgehead atoms. The molecule has 150 valence electrons. The van der Waals surface area contributed by atoms with Gasteiger partial charge in [0.15, 0.2) is 0 Å². The predicted molar refractivity (Wildman–Crippen MR) is 119 cm³/mol. The molecule has 1 unspecified atom stereocenters. The molecular weight excluding hydrogens is 360 g/mol. The molecule has 4 rings (SSSR count). The second-order valence-corrected chi connectivity index (χ2v) is 7.75. The van der Waals surface area contributed by atoms with Crippen LogP contribution in [0.4, 0.5) is 17.5 Å². The Kier molecular flexibility index (Phi) is 6.06. The first-order valence-corrected chi connectivity index (χ1v) is 10.3. The van der Waals surface area contributed by atoms with E-state index in [-0.39, 0.29) is 6.10 Å². The summed E-state index contributed by atoms with van der Waals surface area (Å²) in [4.78, 5) is 9.43. The topological polar surface area (TPSA) is 59.1 Å². The molecule has 5 heteroatoms. The average Bonchev–Trinajstić information content (AvgIpc) is 3.27. The van der Waals surface area contributed by atoms with Crippen molar-refractivity contribution in [3.05, 3.63) is 66.2 Å². The van der Waals surface area contributed by atoms with E-state index in [0.717, 1.165) is 48.8 Å². The van der Waals surface area contributed by atoms with E-state index in [9.17, 15) is 0 Å². The van der Waals surface area contributed by atoms with Crippen molar-refractivity contribution < 1.29 is 4.74 Å². The highest BCUT2D eigenvalue weighted by Gasteiger charge is 2.16. The molecule has 29 heavy (non-hydrogen) atoms. The van der Waals surface area contributed by atoms with Gasteiger partial charge in [0.1, 0.15) is 5.82 Å². The fourth-order valence-corrected chi connectivity index (χ4v) is 3.45. The third-order valence-electron chi connectivity index (χ3n) is 5.16. The zero-order valence-corrected chi connectivity index (χ0v) is 17.1. The highest BCUT2D eigenvalue weighted by Crippen LogP contribution is 2.24. The van der Waals surface area contributed by atoms with Crippen LogP contribution >= 0.6 is 0 Å². The van der Waals surface area contributed by atoms with Crippen molar-refractivity contribution in [2.45, 2.75) is 38.7 Å². The lowest BCUT2D eigenvalue weighted by Crippen LogP contribution is -2.19. The molecule has 5 nitrogen and oxygen atoms in total. The Hall–Kier alpha value is -2.92. The molecule has 1 saturated heterocycles. The van der Waals surface area contributed by atoms with E-state index >= 15 is 0 Å². The minimum atomic E-state index is 0.255. The molecule has 0 amide bonds. The lowest BCUT2D eigenvalue weighted by Gasteiger charge is -2.14. The Balaban J connectivity index is 1.58. The molecule has 1 aliphatic heterocycles. The van der Waals surface area contributed by atoms with Gasteiger partial charge in [-0.3, -0.25) is 0 Å². The van der Waals surface area contributed by atoms with E-state index in [1.807, 2.05) is 24.3 Å². The number of rotatable bonds is 7. The lowest BCUT2D eigenvalue weighted by atomic mass is 10.0. The van der Waals surface area contributed by atoms with Gasteiger partial charge in [0.25, 0.3) is 0 Å². The third kappa shape index (κ3) is 5.12. The van der Waals surface area contributed by atoms with Crippen LogP contribution in [0.25, 0.3) is 11.3 Å². The van der Waals surface area contributed by atoms with Crippen LogP contribution in [0.5, 0.6) is 0 Å². The van der Waals surface area contributed by atoms with Gasteiger partial charge in [-0.15, -0.1) is 0 Å². The first-order chi connectivity index (χ1) is 14.2. The van der Waals surface area contributed by atoms with Gasteiger partial charge in [0.05, 0.1) is 11.8 Å². The monoisotopic (exact) mass is 388 g/mol. The van der Waals surface area contributed by atoms with E-state index in [4.69, 9.17) is 9.72 Å². The van der Waals surface area contributed by atoms with E-state index < -0.39 is 0 Å². The highest BCUT2D eigenvalue weighted by atomic mass is 16.5. The molecule has 2 aromatic carbocycles. The number of ether oxygens (including phenoxy) is 1. The standard InChI is InChI=1S/C24H28N4O/c1-17(2)18-10-12-20(13-11-18)26-24-27-22(19-7-4-3-5-8-19)15-23(28-24)25-16-21-9-6-14-29-21/h3-5,7-8,10-13,15,17,21H,6,9,14,16H2,1-2H3,(H2,25,26,27,28). The normalized spacial score (nSPS) is 16.2. The maximum absolute atomic E-state index is 5.72. The summed E-state index contributed by atoms with van der Waals surface area (Å²) >= 11 is 0. The number of nitrogens with one attached hydrogen (secondary N) is 2. The number of hydrogen-bond acceptors (Lipinski definition) is 5. The van der Waals surface area contributed by atoms with Crippen LogP contribution in [-0.4, -0.2) is 29.2 Å². The van der Waals surface area contributed by atoms with Gasteiger partial charge in [0.2, 0.25) is 5.95 Å². The Labute approximate surface area is 172 Å². The van der Waals surface area contributed by atoms with Crippen molar-refractivity contribution in [1.29, 1.82) is 0 Å². The van der Waals surface area contributed by atoms with Gasteiger partial charge >= 0.3 is 0 Å². The van der Waals surface area contributed by atoms with E-state index in [1.54, 1.807) is 0 Å². The minimum absolute atomic E-state index is 0.255.